The van der Waals surface area contributed by atoms with Crippen LogP contribution in [0.2, 0.25) is 0 Å². The van der Waals surface area contributed by atoms with Gasteiger partial charge in [-0.25, -0.2) is 0 Å². The number of hydrogen-bond acceptors (Lipinski definition) is 5. The molecule has 0 saturated carbocycles. The molecule has 3 aliphatic heterocycles. The third kappa shape index (κ3) is 4.65. The predicted octanol–water partition coefficient (Wildman–Crippen LogP) is -0.0653. The summed E-state index contributed by atoms with van der Waals surface area (Å²) in [5.74, 6) is 0.362. The predicted molar refractivity (Wildman–Crippen MR) is 103 cm³/mol. The van der Waals surface area contributed by atoms with Gasteiger partial charge in [-0.05, 0) is 32.6 Å². The van der Waals surface area contributed by atoms with Crippen LogP contribution in [0, 0.1) is 5.92 Å². The smallest absolute Gasteiger partial charge is 0.282 e. The molecule has 0 amide bonds. The first-order valence-electron chi connectivity index (χ1n) is 9.76. The molecular formula is C16H32N4O5S2. The summed E-state index contributed by atoms with van der Waals surface area (Å²) in [7, 11) is -7.12. The maximum absolute atomic E-state index is 13.0. The molecule has 3 heterocycles. The Morgan fingerprint density at radius 1 is 0.667 bits per heavy atom. The lowest BCUT2D eigenvalue weighted by Gasteiger charge is -2.41. The minimum Gasteiger partial charge on any atom is -0.373 e. The van der Waals surface area contributed by atoms with Crippen molar-refractivity contribution in [2.24, 2.45) is 5.92 Å². The summed E-state index contributed by atoms with van der Waals surface area (Å²) in [4.78, 5) is 0. The van der Waals surface area contributed by atoms with Gasteiger partial charge < -0.3 is 4.74 Å². The molecule has 0 aromatic carbocycles. The van der Waals surface area contributed by atoms with Crippen molar-refractivity contribution >= 4 is 20.4 Å². The maximum atomic E-state index is 13.0. The second kappa shape index (κ2) is 8.21. The van der Waals surface area contributed by atoms with E-state index in [4.69, 9.17) is 4.74 Å². The van der Waals surface area contributed by atoms with Crippen LogP contribution in [0.4, 0.5) is 0 Å². The SMILES string of the molecule is C[C@@H]1CCCN(S(=O)(=O)N2CCN(S(=O)(=O)N3C[C@H](C)O[C@@H](C)C3)CC2)C1. The second-order valence-corrected chi connectivity index (χ2v) is 11.9. The van der Waals surface area contributed by atoms with Crippen molar-refractivity contribution in [1.29, 1.82) is 0 Å². The molecule has 0 aliphatic carbocycles. The Labute approximate surface area is 163 Å². The van der Waals surface area contributed by atoms with Gasteiger partial charge in [0.1, 0.15) is 0 Å². The number of rotatable bonds is 4. The van der Waals surface area contributed by atoms with Crippen molar-refractivity contribution in [1.82, 2.24) is 17.2 Å². The highest BCUT2D eigenvalue weighted by Gasteiger charge is 2.40. The van der Waals surface area contributed by atoms with Crippen molar-refractivity contribution in [3.63, 3.8) is 0 Å². The van der Waals surface area contributed by atoms with Gasteiger partial charge in [0.05, 0.1) is 12.2 Å². The molecule has 158 valence electrons. The monoisotopic (exact) mass is 424 g/mol. The van der Waals surface area contributed by atoms with Crippen LogP contribution in [0.25, 0.3) is 0 Å². The Bertz CT molecular complexity index is 711. The summed E-state index contributed by atoms with van der Waals surface area (Å²) >= 11 is 0. The molecule has 0 aromatic rings. The van der Waals surface area contributed by atoms with Crippen molar-refractivity contribution in [2.75, 3.05) is 52.4 Å². The lowest BCUT2D eigenvalue weighted by molar-refractivity contribution is -0.0456. The Hall–Kier alpha value is -0.300. The fraction of sp³-hybridized carbons (Fsp3) is 1.00. The van der Waals surface area contributed by atoms with Gasteiger partial charge in [0, 0.05) is 52.4 Å². The van der Waals surface area contributed by atoms with Gasteiger partial charge in [-0.2, -0.15) is 34.1 Å². The van der Waals surface area contributed by atoms with Gasteiger partial charge >= 0.3 is 0 Å². The first-order chi connectivity index (χ1) is 12.6. The van der Waals surface area contributed by atoms with Crippen LogP contribution < -0.4 is 0 Å². The van der Waals surface area contributed by atoms with E-state index in [1.807, 2.05) is 13.8 Å². The first kappa shape index (κ1) is 21.4. The van der Waals surface area contributed by atoms with Crippen molar-refractivity contribution in [3.05, 3.63) is 0 Å². The highest BCUT2D eigenvalue weighted by molar-refractivity contribution is 7.87. The molecule has 0 spiro atoms. The molecule has 27 heavy (non-hydrogen) atoms. The van der Waals surface area contributed by atoms with Crippen LogP contribution >= 0.6 is 0 Å². The van der Waals surface area contributed by atoms with Crippen LogP contribution in [0.15, 0.2) is 0 Å². The van der Waals surface area contributed by atoms with Crippen molar-refractivity contribution < 1.29 is 21.6 Å². The minimum absolute atomic E-state index is 0.147. The standard InChI is InChI=1S/C16H32N4O5S2/c1-14-5-4-6-19(11-14)26(21,22)17-7-9-18(10-8-17)27(23,24)20-12-15(2)25-16(3)13-20/h14-16H,4-13H2,1-3H3/t14-,15+,16+/m1/s1. The highest BCUT2D eigenvalue weighted by atomic mass is 32.2. The van der Waals surface area contributed by atoms with E-state index in [1.165, 1.54) is 12.9 Å². The second-order valence-electron chi connectivity index (χ2n) is 7.99. The summed E-state index contributed by atoms with van der Waals surface area (Å²) in [6.45, 7) is 8.31. The van der Waals surface area contributed by atoms with E-state index in [9.17, 15) is 16.8 Å². The van der Waals surface area contributed by atoms with Gasteiger partial charge in [0.15, 0.2) is 0 Å². The average molecular weight is 425 g/mol. The molecule has 0 N–H and O–H groups in total. The highest BCUT2D eigenvalue weighted by Crippen LogP contribution is 2.23. The molecule has 9 nitrogen and oxygen atoms in total. The van der Waals surface area contributed by atoms with E-state index < -0.39 is 20.4 Å². The van der Waals surface area contributed by atoms with Gasteiger partial charge in [-0.15, -0.1) is 0 Å². The molecule has 0 bridgehead atoms. The van der Waals surface area contributed by atoms with E-state index in [1.54, 1.807) is 4.31 Å². The number of piperazine rings is 1. The van der Waals surface area contributed by atoms with E-state index in [2.05, 4.69) is 6.92 Å². The maximum Gasteiger partial charge on any atom is 0.282 e. The minimum atomic E-state index is -3.60. The molecule has 3 aliphatic rings. The third-order valence-electron chi connectivity index (χ3n) is 5.51. The average Bonchev–Trinajstić information content (AvgIpc) is 2.61. The van der Waals surface area contributed by atoms with Crippen LogP contribution in [0.1, 0.15) is 33.6 Å². The number of ether oxygens (including phenoxy) is 1. The number of nitrogens with zero attached hydrogens (tertiary/aromatic N) is 4. The van der Waals surface area contributed by atoms with E-state index in [-0.39, 0.29) is 38.4 Å². The van der Waals surface area contributed by atoms with Gasteiger partial charge in [0.25, 0.3) is 20.4 Å². The van der Waals surface area contributed by atoms with Crippen LogP contribution in [-0.2, 0) is 25.2 Å². The Kier molecular flexibility index (Phi) is 6.51. The van der Waals surface area contributed by atoms with Crippen molar-refractivity contribution in [3.8, 4) is 0 Å². The molecule has 3 fully saturated rings. The lowest BCUT2D eigenvalue weighted by Crippen LogP contribution is -2.59. The molecular weight excluding hydrogens is 392 g/mol. The zero-order valence-corrected chi connectivity index (χ0v) is 18.1. The van der Waals surface area contributed by atoms with Crippen LogP contribution in [0.5, 0.6) is 0 Å². The van der Waals surface area contributed by atoms with Crippen molar-refractivity contribution in [2.45, 2.75) is 45.8 Å². The quantitative estimate of drug-likeness (QED) is 0.630. The fourth-order valence-corrected chi connectivity index (χ4v) is 7.63. The van der Waals surface area contributed by atoms with Gasteiger partial charge in [-0.1, -0.05) is 6.92 Å². The molecule has 3 saturated heterocycles. The molecule has 3 rings (SSSR count). The topological polar surface area (TPSA) is 90.5 Å². The summed E-state index contributed by atoms with van der Waals surface area (Å²) in [6.07, 6.45) is 1.63. The molecule has 0 unspecified atom stereocenters. The molecule has 11 heteroatoms. The molecule has 0 radical (unpaired) electrons. The fourth-order valence-electron chi connectivity index (χ4n) is 4.13. The summed E-state index contributed by atoms with van der Waals surface area (Å²) < 4.78 is 63.1. The summed E-state index contributed by atoms with van der Waals surface area (Å²) in [5, 5.41) is 0. The Morgan fingerprint density at radius 2 is 1.15 bits per heavy atom. The Balaban J connectivity index is 1.62. The van der Waals surface area contributed by atoms with Gasteiger partial charge in [-0.3, -0.25) is 0 Å². The van der Waals surface area contributed by atoms with Gasteiger partial charge in [0.2, 0.25) is 0 Å². The zero-order chi connectivity index (χ0) is 19.8. The van der Waals surface area contributed by atoms with Crippen LogP contribution in [0.3, 0.4) is 0 Å². The third-order valence-corrected chi connectivity index (χ3v) is 9.48. The first-order valence-corrected chi connectivity index (χ1v) is 12.6. The largest absolute Gasteiger partial charge is 0.373 e. The number of hydrogen-bond donors (Lipinski definition) is 0. The number of morpholine rings is 1. The Morgan fingerprint density at radius 3 is 1.63 bits per heavy atom. The molecule has 0 aromatic heterocycles. The van der Waals surface area contributed by atoms with Crippen LogP contribution in [-0.4, -0.2) is 98.6 Å². The zero-order valence-electron chi connectivity index (χ0n) is 16.4. The van der Waals surface area contributed by atoms with E-state index in [0.29, 0.717) is 32.1 Å². The van der Waals surface area contributed by atoms with E-state index in [0.717, 1.165) is 12.8 Å². The lowest BCUT2D eigenvalue weighted by atomic mass is 10.0. The van der Waals surface area contributed by atoms with E-state index >= 15 is 0 Å². The normalized spacial score (nSPS) is 34.0. The number of piperidine rings is 1. The summed E-state index contributed by atoms with van der Waals surface area (Å²) in [5.41, 5.74) is 0. The summed E-state index contributed by atoms with van der Waals surface area (Å²) in [6, 6.07) is 0. The molecule has 3 atom stereocenters.